The van der Waals surface area contributed by atoms with Gasteiger partial charge in [0.25, 0.3) is 0 Å². The van der Waals surface area contributed by atoms with E-state index in [0.29, 0.717) is 0 Å². The maximum absolute atomic E-state index is 9.10. The van der Waals surface area contributed by atoms with Crippen LogP contribution in [0.25, 0.3) is 0 Å². The second kappa shape index (κ2) is 4.44. The molecule has 4 nitrogen and oxygen atoms in total. The molecule has 0 aromatic heterocycles. The van der Waals surface area contributed by atoms with Crippen molar-refractivity contribution in [2.24, 2.45) is 0 Å². The van der Waals surface area contributed by atoms with Gasteiger partial charge in [0.15, 0.2) is 0 Å². The lowest BCUT2D eigenvalue weighted by atomic mass is 10.3. The van der Waals surface area contributed by atoms with E-state index in [2.05, 4.69) is 10.9 Å². The molecule has 2 aromatic rings. The second-order valence-electron chi connectivity index (χ2n) is 3.34. The van der Waals surface area contributed by atoms with E-state index >= 15 is 0 Å². The lowest BCUT2D eigenvalue weighted by Crippen LogP contribution is -2.07. The molecule has 0 bridgehead atoms. The van der Waals surface area contributed by atoms with Gasteiger partial charge in [0.2, 0.25) is 0 Å². The van der Waals surface area contributed by atoms with Crippen molar-refractivity contribution in [2.45, 2.75) is 0 Å². The number of phenols is 2. The van der Waals surface area contributed by atoms with Crippen molar-refractivity contribution in [2.75, 3.05) is 10.9 Å². The molecule has 0 aliphatic heterocycles. The van der Waals surface area contributed by atoms with Crippen LogP contribution < -0.4 is 10.9 Å². The molecule has 16 heavy (non-hydrogen) atoms. The predicted octanol–water partition coefficient (Wildman–Crippen LogP) is 2.54. The van der Waals surface area contributed by atoms with Crippen molar-refractivity contribution < 1.29 is 10.2 Å². The average Bonchev–Trinajstić information content (AvgIpc) is 2.30. The van der Waals surface area contributed by atoms with E-state index in [1.54, 1.807) is 48.5 Å². The minimum atomic E-state index is 0.232. The molecule has 0 fully saturated rings. The van der Waals surface area contributed by atoms with Crippen molar-refractivity contribution in [3.8, 4) is 11.5 Å². The Hall–Kier alpha value is -2.36. The van der Waals surface area contributed by atoms with Crippen LogP contribution in [0.3, 0.4) is 0 Å². The number of nitrogens with one attached hydrogen (secondary N) is 2. The Morgan fingerprint density at radius 2 is 0.875 bits per heavy atom. The molecule has 0 aliphatic rings. The van der Waals surface area contributed by atoms with Crippen molar-refractivity contribution in [1.29, 1.82) is 0 Å². The minimum Gasteiger partial charge on any atom is -0.508 e. The highest BCUT2D eigenvalue weighted by Crippen LogP contribution is 2.16. The van der Waals surface area contributed by atoms with Crippen molar-refractivity contribution in [3.05, 3.63) is 48.5 Å². The third-order valence-corrected chi connectivity index (χ3v) is 2.09. The van der Waals surface area contributed by atoms with E-state index in [0.717, 1.165) is 11.4 Å². The Morgan fingerprint density at radius 3 is 1.19 bits per heavy atom. The van der Waals surface area contributed by atoms with Gasteiger partial charge in [0.1, 0.15) is 11.5 Å². The minimum absolute atomic E-state index is 0.232. The number of rotatable bonds is 3. The third kappa shape index (κ3) is 2.57. The molecule has 0 unspecified atom stereocenters. The summed E-state index contributed by atoms with van der Waals surface area (Å²) in [6, 6.07) is 13.4. The number of aromatic hydroxyl groups is 2. The zero-order valence-electron chi connectivity index (χ0n) is 8.51. The molecule has 0 spiro atoms. The molecule has 4 N–H and O–H groups in total. The first kappa shape index (κ1) is 10.2. The van der Waals surface area contributed by atoms with Crippen LogP contribution in [0.1, 0.15) is 0 Å². The predicted molar refractivity (Wildman–Crippen MR) is 63.5 cm³/mol. The molecule has 0 heterocycles. The molecule has 2 rings (SSSR count). The van der Waals surface area contributed by atoms with Gasteiger partial charge in [-0.3, -0.25) is 0 Å². The summed E-state index contributed by atoms with van der Waals surface area (Å²) in [6.45, 7) is 0. The summed E-state index contributed by atoms with van der Waals surface area (Å²) in [5.74, 6) is 0.463. The maximum atomic E-state index is 9.10. The molecular weight excluding hydrogens is 204 g/mol. The molecule has 82 valence electrons. The third-order valence-electron chi connectivity index (χ3n) is 2.09. The molecule has 0 saturated carbocycles. The van der Waals surface area contributed by atoms with E-state index in [1.165, 1.54) is 0 Å². The van der Waals surface area contributed by atoms with Gasteiger partial charge in [0.05, 0.1) is 11.4 Å². The Labute approximate surface area is 93.1 Å². The van der Waals surface area contributed by atoms with Gasteiger partial charge >= 0.3 is 0 Å². The van der Waals surface area contributed by atoms with Crippen molar-refractivity contribution >= 4 is 11.4 Å². The molecule has 0 amide bonds. The summed E-state index contributed by atoms with van der Waals surface area (Å²) in [5, 5.41) is 18.2. The average molecular weight is 216 g/mol. The maximum Gasteiger partial charge on any atom is 0.115 e. The summed E-state index contributed by atoms with van der Waals surface area (Å²) in [7, 11) is 0. The summed E-state index contributed by atoms with van der Waals surface area (Å²) in [4.78, 5) is 0. The summed E-state index contributed by atoms with van der Waals surface area (Å²) in [5.41, 5.74) is 7.61. The number of hydrogen-bond donors (Lipinski definition) is 4. The normalized spacial score (nSPS) is 9.75. The van der Waals surface area contributed by atoms with Crippen LogP contribution in [-0.4, -0.2) is 10.2 Å². The van der Waals surface area contributed by atoms with Gasteiger partial charge in [-0.05, 0) is 48.5 Å². The molecule has 0 aliphatic carbocycles. The molecule has 0 atom stereocenters. The van der Waals surface area contributed by atoms with Crippen LogP contribution in [-0.2, 0) is 0 Å². The van der Waals surface area contributed by atoms with E-state index in [-0.39, 0.29) is 11.5 Å². The van der Waals surface area contributed by atoms with Gasteiger partial charge in [-0.1, -0.05) is 0 Å². The fourth-order valence-corrected chi connectivity index (χ4v) is 1.23. The topological polar surface area (TPSA) is 64.5 Å². The summed E-state index contributed by atoms with van der Waals surface area (Å²) < 4.78 is 0. The van der Waals surface area contributed by atoms with Crippen LogP contribution in [0.15, 0.2) is 48.5 Å². The quantitative estimate of drug-likeness (QED) is 0.470. The first-order valence-corrected chi connectivity index (χ1v) is 4.84. The van der Waals surface area contributed by atoms with E-state index < -0.39 is 0 Å². The van der Waals surface area contributed by atoms with Crippen molar-refractivity contribution in [3.63, 3.8) is 0 Å². The van der Waals surface area contributed by atoms with Gasteiger partial charge in [0, 0.05) is 0 Å². The number of hydrazine groups is 1. The zero-order valence-corrected chi connectivity index (χ0v) is 8.51. The molecule has 0 radical (unpaired) electrons. The fourth-order valence-electron chi connectivity index (χ4n) is 1.23. The van der Waals surface area contributed by atoms with Crippen LogP contribution in [0.2, 0.25) is 0 Å². The SMILES string of the molecule is Oc1ccc(NNc2ccc(O)cc2)cc1. The number of phenolic OH excluding ortho intramolecular Hbond substituents is 2. The van der Waals surface area contributed by atoms with E-state index in [4.69, 9.17) is 10.2 Å². The molecular formula is C12H12N2O2. The van der Waals surface area contributed by atoms with Crippen molar-refractivity contribution in [1.82, 2.24) is 0 Å². The monoisotopic (exact) mass is 216 g/mol. The van der Waals surface area contributed by atoms with Crippen LogP contribution in [0.5, 0.6) is 11.5 Å². The highest BCUT2D eigenvalue weighted by atomic mass is 16.3. The standard InChI is InChI=1S/C12H12N2O2/c15-11-5-1-9(2-6-11)13-14-10-3-7-12(16)8-4-10/h1-8,13-16H. The Kier molecular flexibility index (Phi) is 2.82. The highest BCUT2D eigenvalue weighted by Gasteiger charge is 1.93. The first-order chi connectivity index (χ1) is 7.74. The lowest BCUT2D eigenvalue weighted by Gasteiger charge is -2.09. The number of benzene rings is 2. The summed E-state index contributed by atoms with van der Waals surface area (Å²) >= 11 is 0. The Bertz CT molecular complexity index is 406. The van der Waals surface area contributed by atoms with Crippen LogP contribution >= 0.6 is 0 Å². The Morgan fingerprint density at radius 1 is 0.562 bits per heavy atom. The molecule has 4 heteroatoms. The fraction of sp³-hybridized carbons (Fsp3) is 0. The van der Waals surface area contributed by atoms with E-state index in [1.807, 2.05) is 0 Å². The second-order valence-corrected chi connectivity index (χ2v) is 3.34. The largest absolute Gasteiger partial charge is 0.508 e. The highest BCUT2D eigenvalue weighted by molar-refractivity contribution is 5.54. The molecule has 0 saturated heterocycles. The number of anilines is 2. The van der Waals surface area contributed by atoms with Crippen LogP contribution in [0.4, 0.5) is 11.4 Å². The Balaban J connectivity index is 1.97. The first-order valence-electron chi connectivity index (χ1n) is 4.84. The summed E-state index contributed by atoms with van der Waals surface area (Å²) in [6.07, 6.45) is 0. The molecule has 2 aromatic carbocycles. The van der Waals surface area contributed by atoms with Gasteiger partial charge < -0.3 is 21.1 Å². The van der Waals surface area contributed by atoms with E-state index in [9.17, 15) is 0 Å². The number of hydrogen-bond acceptors (Lipinski definition) is 4. The van der Waals surface area contributed by atoms with Gasteiger partial charge in [-0.2, -0.15) is 0 Å². The van der Waals surface area contributed by atoms with Gasteiger partial charge in [-0.15, -0.1) is 0 Å². The van der Waals surface area contributed by atoms with Crippen LogP contribution in [0, 0.1) is 0 Å². The zero-order chi connectivity index (χ0) is 11.4. The van der Waals surface area contributed by atoms with Gasteiger partial charge in [-0.25, -0.2) is 0 Å². The smallest absolute Gasteiger partial charge is 0.115 e. The lowest BCUT2D eigenvalue weighted by molar-refractivity contribution is 0.475.